The van der Waals surface area contributed by atoms with Crippen LogP contribution in [0.4, 0.5) is 5.69 Å². The Morgan fingerprint density at radius 2 is 1.89 bits per heavy atom. The van der Waals surface area contributed by atoms with E-state index >= 15 is 0 Å². The van der Waals surface area contributed by atoms with E-state index in [9.17, 15) is 10.4 Å². The monoisotopic (exact) mass is 531 g/mol. The molecule has 4 aromatic rings. The number of nitrogens with zero attached hydrogens (tertiary/aromatic N) is 4. The highest BCUT2D eigenvalue weighted by atomic mass is 35.5. The minimum absolute atomic E-state index is 0.0442. The van der Waals surface area contributed by atoms with Crippen LogP contribution in [0.3, 0.4) is 0 Å². The number of anilines is 1. The van der Waals surface area contributed by atoms with Crippen molar-refractivity contribution in [1.29, 1.82) is 5.26 Å². The molecule has 37 heavy (non-hydrogen) atoms. The van der Waals surface area contributed by atoms with E-state index in [0.717, 1.165) is 47.2 Å². The lowest BCUT2D eigenvalue weighted by molar-refractivity contribution is -0.00897. The fourth-order valence-electron chi connectivity index (χ4n) is 5.31. The first-order chi connectivity index (χ1) is 18.0. The van der Waals surface area contributed by atoms with Gasteiger partial charge in [0.2, 0.25) is 0 Å². The quantitative estimate of drug-likeness (QED) is 0.364. The number of benzene rings is 3. The van der Waals surface area contributed by atoms with Gasteiger partial charge in [0.15, 0.2) is 0 Å². The number of hydrogen-bond acceptors (Lipinski definition) is 7. The molecule has 9 heteroatoms. The number of aromatic hydroxyl groups is 1. The number of halogens is 2. The van der Waals surface area contributed by atoms with Gasteiger partial charge in [-0.1, -0.05) is 41.4 Å². The van der Waals surface area contributed by atoms with Crippen LogP contribution in [0.2, 0.25) is 10.0 Å². The summed E-state index contributed by atoms with van der Waals surface area (Å²) in [6.07, 6.45) is 0.982. The molecule has 0 bridgehead atoms. The summed E-state index contributed by atoms with van der Waals surface area (Å²) < 4.78 is 6.12. The standard InChI is InChI=1S/C28H23Cl2N5O2/c29-19-10-18(11-20(30)13-19)26-27(35-8-6-24-25(15-35)37-9-7-32-24)22-12-16(4-5-23(22)33-34-26)21-3-1-2-17(14-31)28(21)36/h1-5,10-13,24-25,32,36H,6-9,15H2. The number of ether oxygens (including phenoxy) is 1. The summed E-state index contributed by atoms with van der Waals surface area (Å²) in [7, 11) is 0. The van der Waals surface area contributed by atoms with Crippen molar-refractivity contribution in [3.63, 3.8) is 0 Å². The van der Waals surface area contributed by atoms with Crippen LogP contribution < -0.4 is 10.2 Å². The first kappa shape index (κ1) is 24.0. The molecule has 0 saturated carbocycles. The first-order valence-corrected chi connectivity index (χ1v) is 12.9. The van der Waals surface area contributed by atoms with Crippen LogP contribution in [0.25, 0.3) is 33.3 Å². The van der Waals surface area contributed by atoms with E-state index in [1.807, 2.05) is 36.4 Å². The van der Waals surface area contributed by atoms with Crippen molar-refractivity contribution >= 4 is 39.8 Å². The number of piperidine rings is 1. The highest BCUT2D eigenvalue weighted by Crippen LogP contribution is 2.41. The van der Waals surface area contributed by atoms with Crippen LogP contribution in [0.5, 0.6) is 5.75 Å². The van der Waals surface area contributed by atoms with Gasteiger partial charge in [-0.3, -0.25) is 0 Å². The van der Waals surface area contributed by atoms with Crippen LogP contribution in [0, 0.1) is 11.3 Å². The van der Waals surface area contributed by atoms with Crippen LogP contribution in [0.1, 0.15) is 12.0 Å². The minimum atomic E-state index is -0.0442. The number of para-hydroxylation sites is 1. The molecule has 3 heterocycles. The molecule has 186 valence electrons. The Labute approximate surface area is 224 Å². The summed E-state index contributed by atoms with van der Waals surface area (Å²) in [6.45, 7) is 3.04. The second kappa shape index (κ2) is 9.81. The summed E-state index contributed by atoms with van der Waals surface area (Å²) in [5.74, 6) is -0.0442. The zero-order valence-corrected chi connectivity index (χ0v) is 21.3. The molecule has 1 aromatic heterocycles. The summed E-state index contributed by atoms with van der Waals surface area (Å²) in [4.78, 5) is 2.30. The Morgan fingerprint density at radius 3 is 2.70 bits per heavy atom. The van der Waals surface area contributed by atoms with Crippen LogP contribution in [-0.2, 0) is 4.74 Å². The smallest absolute Gasteiger partial charge is 0.141 e. The molecule has 6 rings (SSSR count). The van der Waals surface area contributed by atoms with Gasteiger partial charge in [0, 0.05) is 52.2 Å². The number of fused-ring (bicyclic) bond motifs is 2. The van der Waals surface area contributed by atoms with Gasteiger partial charge < -0.3 is 20.1 Å². The third-order valence-electron chi connectivity index (χ3n) is 7.05. The van der Waals surface area contributed by atoms with Gasteiger partial charge in [-0.05, 0) is 48.4 Å². The normalized spacial score (nSPS) is 19.4. The Kier molecular flexibility index (Phi) is 6.35. The third-order valence-corrected chi connectivity index (χ3v) is 7.49. The fraction of sp³-hybridized carbons (Fsp3) is 0.250. The molecule has 2 fully saturated rings. The average Bonchev–Trinajstić information content (AvgIpc) is 2.91. The maximum Gasteiger partial charge on any atom is 0.141 e. The minimum Gasteiger partial charge on any atom is -0.506 e. The molecule has 2 unspecified atom stereocenters. The number of nitriles is 1. The predicted octanol–water partition coefficient (Wildman–Crippen LogP) is 5.41. The molecule has 2 aliphatic heterocycles. The molecular formula is C28H23Cl2N5O2. The van der Waals surface area contributed by atoms with E-state index in [0.29, 0.717) is 40.5 Å². The first-order valence-electron chi connectivity index (χ1n) is 12.1. The van der Waals surface area contributed by atoms with E-state index in [2.05, 4.69) is 20.4 Å². The lowest BCUT2D eigenvalue weighted by Crippen LogP contribution is -2.57. The van der Waals surface area contributed by atoms with Gasteiger partial charge in [-0.25, -0.2) is 0 Å². The number of phenolic OH excluding ortho intramolecular Hbond substituents is 1. The lowest BCUT2D eigenvalue weighted by atomic mass is 9.96. The molecule has 0 amide bonds. The molecule has 3 aromatic carbocycles. The zero-order valence-electron chi connectivity index (χ0n) is 19.8. The summed E-state index contributed by atoms with van der Waals surface area (Å²) in [6, 6.07) is 18.7. The largest absolute Gasteiger partial charge is 0.506 e. The van der Waals surface area contributed by atoms with Gasteiger partial charge in [0.25, 0.3) is 0 Å². The summed E-state index contributed by atoms with van der Waals surface area (Å²) in [5, 5.41) is 34.8. The van der Waals surface area contributed by atoms with E-state index in [1.165, 1.54) is 0 Å². The predicted molar refractivity (Wildman–Crippen MR) is 145 cm³/mol. The highest BCUT2D eigenvalue weighted by Gasteiger charge is 2.34. The molecule has 2 aliphatic rings. The maximum absolute atomic E-state index is 10.7. The SMILES string of the molecule is N#Cc1cccc(-c2ccc3nnc(-c4cc(Cl)cc(Cl)c4)c(N4CCC5NCCOC5C4)c3c2)c1O. The van der Waals surface area contributed by atoms with E-state index in [4.69, 9.17) is 27.9 Å². The van der Waals surface area contributed by atoms with Crippen LogP contribution in [0.15, 0.2) is 54.6 Å². The summed E-state index contributed by atoms with van der Waals surface area (Å²) >= 11 is 12.7. The van der Waals surface area contributed by atoms with Crippen molar-refractivity contribution in [3.05, 3.63) is 70.2 Å². The van der Waals surface area contributed by atoms with Crippen molar-refractivity contribution in [2.24, 2.45) is 0 Å². The lowest BCUT2D eigenvalue weighted by Gasteiger charge is -2.43. The second-order valence-corrected chi connectivity index (χ2v) is 10.2. The Morgan fingerprint density at radius 1 is 1.05 bits per heavy atom. The fourth-order valence-corrected chi connectivity index (χ4v) is 5.83. The Balaban J connectivity index is 1.56. The van der Waals surface area contributed by atoms with Crippen molar-refractivity contribution < 1.29 is 9.84 Å². The van der Waals surface area contributed by atoms with E-state index in [-0.39, 0.29) is 17.4 Å². The average molecular weight is 532 g/mol. The topological polar surface area (TPSA) is 94.3 Å². The Hall–Kier alpha value is -3.41. The van der Waals surface area contributed by atoms with Gasteiger partial charge in [0.05, 0.1) is 29.5 Å². The van der Waals surface area contributed by atoms with Crippen molar-refractivity contribution in [3.8, 4) is 34.2 Å². The number of phenols is 1. The van der Waals surface area contributed by atoms with Gasteiger partial charge >= 0.3 is 0 Å². The van der Waals surface area contributed by atoms with Gasteiger partial charge in [0.1, 0.15) is 17.5 Å². The van der Waals surface area contributed by atoms with Gasteiger partial charge in [-0.15, -0.1) is 10.2 Å². The van der Waals surface area contributed by atoms with Crippen molar-refractivity contribution in [2.45, 2.75) is 18.6 Å². The zero-order chi connectivity index (χ0) is 25.5. The maximum atomic E-state index is 10.7. The van der Waals surface area contributed by atoms with E-state index < -0.39 is 0 Å². The van der Waals surface area contributed by atoms with Crippen LogP contribution in [-0.4, -0.2) is 53.7 Å². The molecule has 2 saturated heterocycles. The Bertz CT molecular complexity index is 1530. The summed E-state index contributed by atoms with van der Waals surface area (Å²) in [5.41, 5.74) is 4.65. The molecule has 2 N–H and O–H groups in total. The molecular weight excluding hydrogens is 509 g/mol. The molecule has 0 aliphatic carbocycles. The number of nitrogens with one attached hydrogen (secondary N) is 1. The molecule has 7 nitrogen and oxygen atoms in total. The van der Waals surface area contributed by atoms with Crippen LogP contribution >= 0.6 is 23.2 Å². The molecule has 0 spiro atoms. The molecule has 2 atom stereocenters. The number of aromatic nitrogens is 2. The molecule has 0 radical (unpaired) electrons. The highest BCUT2D eigenvalue weighted by molar-refractivity contribution is 6.35. The van der Waals surface area contributed by atoms with E-state index in [1.54, 1.807) is 24.3 Å². The number of rotatable bonds is 3. The second-order valence-electron chi connectivity index (χ2n) is 9.31. The number of hydrogen-bond donors (Lipinski definition) is 2. The van der Waals surface area contributed by atoms with Crippen molar-refractivity contribution in [2.75, 3.05) is 31.1 Å². The number of morpholine rings is 1. The third kappa shape index (κ3) is 4.47. The van der Waals surface area contributed by atoms with Gasteiger partial charge in [-0.2, -0.15) is 5.26 Å². The van der Waals surface area contributed by atoms with Crippen molar-refractivity contribution in [1.82, 2.24) is 15.5 Å².